The van der Waals surface area contributed by atoms with E-state index in [1.807, 2.05) is 12.1 Å². The number of carboxylic acids is 1. The van der Waals surface area contributed by atoms with Crippen LogP contribution in [-0.4, -0.2) is 32.7 Å². The predicted octanol–water partition coefficient (Wildman–Crippen LogP) is 4.64. The number of nitrogens with one attached hydrogen (secondary N) is 1. The SMILES string of the molecule is O=C(O)CCNCc1ccc(-c2noc(-c3coc(-c4ccc(C(F)(F)F)cc4)n3)n2)cc1. The van der Waals surface area contributed by atoms with Crippen molar-refractivity contribution in [2.45, 2.75) is 19.1 Å². The molecule has 2 aromatic heterocycles. The minimum absolute atomic E-state index is 0.0480. The second kappa shape index (κ2) is 9.25. The number of hydrogen-bond donors (Lipinski definition) is 2. The van der Waals surface area contributed by atoms with Crippen molar-refractivity contribution in [2.24, 2.45) is 0 Å². The lowest BCUT2D eigenvalue weighted by atomic mass is 10.1. The van der Waals surface area contributed by atoms with Gasteiger partial charge in [0.15, 0.2) is 5.69 Å². The Bertz CT molecular complexity index is 1230. The Morgan fingerprint density at radius 2 is 1.67 bits per heavy atom. The Labute approximate surface area is 185 Å². The average molecular weight is 458 g/mol. The fourth-order valence-electron chi connectivity index (χ4n) is 2.95. The van der Waals surface area contributed by atoms with Crippen molar-refractivity contribution in [2.75, 3.05) is 6.54 Å². The highest BCUT2D eigenvalue weighted by molar-refractivity contribution is 5.66. The van der Waals surface area contributed by atoms with Crippen molar-refractivity contribution in [3.8, 4) is 34.4 Å². The first-order valence-electron chi connectivity index (χ1n) is 9.78. The normalized spacial score (nSPS) is 11.6. The smallest absolute Gasteiger partial charge is 0.416 e. The molecule has 4 aromatic rings. The number of alkyl halides is 3. The number of nitrogens with zero attached hydrogens (tertiary/aromatic N) is 3. The Balaban J connectivity index is 1.43. The number of rotatable bonds is 8. The van der Waals surface area contributed by atoms with Gasteiger partial charge < -0.3 is 19.4 Å². The molecule has 0 bridgehead atoms. The Kier molecular flexibility index (Phi) is 6.22. The highest BCUT2D eigenvalue weighted by atomic mass is 19.4. The van der Waals surface area contributed by atoms with Crippen molar-refractivity contribution < 1.29 is 32.0 Å². The molecule has 0 unspecified atom stereocenters. The molecule has 170 valence electrons. The molecule has 2 N–H and O–H groups in total. The van der Waals surface area contributed by atoms with Gasteiger partial charge in [0.05, 0.1) is 12.0 Å². The van der Waals surface area contributed by atoms with Gasteiger partial charge >= 0.3 is 12.1 Å². The fraction of sp³-hybridized carbons (Fsp3) is 0.182. The van der Waals surface area contributed by atoms with Gasteiger partial charge in [-0.25, -0.2) is 4.98 Å². The first kappa shape index (κ1) is 22.2. The van der Waals surface area contributed by atoms with E-state index in [0.717, 1.165) is 17.7 Å². The topological polar surface area (TPSA) is 114 Å². The van der Waals surface area contributed by atoms with Crippen LogP contribution in [0.4, 0.5) is 13.2 Å². The molecule has 0 aliphatic rings. The summed E-state index contributed by atoms with van der Waals surface area (Å²) in [4.78, 5) is 19.0. The monoisotopic (exact) mass is 458 g/mol. The van der Waals surface area contributed by atoms with E-state index in [2.05, 4.69) is 20.4 Å². The molecule has 0 saturated carbocycles. The molecule has 11 heteroatoms. The molecule has 0 atom stereocenters. The van der Waals surface area contributed by atoms with Gasteiger partial charge in [-0.05, 0) is 29.8 Å². The van der Waals surface area contributed by atoms with Crippen molar-refractivity contribution in [1.82, 2.24) is 20.4 Å². The van der Waals surface area contributed by atoms with Crippen LogP contribution in [0.3, 0.4) is 0 Å². The van der Waals surface area contributed by atoms with Crippen LogP contribution >= 0.6 is 0 Å². The van der Waals surface area contributed by atoms with E-state index in [0.29, 0.717) is 30.0 Å². The standard InChI is InChI=1S/C22H17F3N4O4/c23-22(24,25)16-7-5-15(6-8-16)20-27-17(12-32-20)21-28-19(29-33-21)14-3-1-13(2-4-14)11-26-10-9-18(30)31/h1-8,12,26H,9-11H2,(H,30,31). The van der Waals surface area contributed by atoms with Gasteiger partial charge in [0.1, 0.15) is 6.26 Å². The number of benzene rings is 2. The molecule has 0 fully saturated rings. The van der Waals surface area contributed by atoms with Crippen LogP contribution in [0.15, 0.2) is 63.7 Å². The Morgan fingerprint density at radius 1 is 0.970 bits per heavy atom. The van der Waals surface area contributed by atoms with Gasteiger partial charge in [0, 0.05) is 24.2 Å². The summed E-state index contributed by atoms with van der Waals surface area (Å²) in [5.41, 5.74) is 1.53. The van der Waals surface area contributed by atoms with E-state index >= 15 is 0 Å². The lowest BCUT2D eigenvalue weighted by Gasteiger charge is -2.05. The Morgan fingerprint density at radius 3 is 2.33 bits per heavy atom. The van der Waals surface area contributed by atoms with E-state index in [1.165, 1.54) is 18.4 Å². The lowest BCUT2D eigenvalue weighted by molar-refractivity contribution is -0.138. The summed E-state index contributed by atoms with van der Waals surface area (Å²) in [5, 5.41) is 15.6. The molecule has 33 heavy (non-hydrogen) atoms. The van der Waals surface area contributed by atoms with Gasteiger partial charge in [-0.15, -0.1) is 0 Å². The molecule has 4 rings (SSSR count). The summed E-state index contributed by atoms with van der Waals surface area (Å²) >= 11 is 0. The molecule has 0 aliphatic heterocycles. The number of hydrogen-bond acceptors (Lipinski definition) is 7. The first-order chi connectivity index (χ1) is 15.8. The maximum atomic E-state index is 12.7. The molecule has 0 spiro atoms. The second-order valence-corrected chi connectivity index (χ2v) is 7.05. The van der Waals surface area contributed by atoms with Crippen LogP contribution in [0.25, 0.3) is 34.4 Å². The number of aromatic nitrogens is 3. The summed E-state index contributed by atoms with van der Waals surface area (Å²) in [7, 11) is 0. The minimum atomic E-state index is -4.42. The molecular weight excluding hydrogens is 441 g/mol. The van der Waals surface area contributed by atoms with Crippen molar-refractivity contribution in [1.29, 1.82) is 0 Å². The number of halogens is 3. The quantitative estimate of drug-likeness (QED) is 0.367. The number of oxazole rings is 1. The highest BCUT2D eigenvalue weighted by Crippen LogP contribution is 2.31. The zero-order valence-corrected chi connectivity index (χ0v) is 17.0. The van der Waals surface area contributed by atoms with Crippen LogP contribution < -0.4 is 5.32 Å². The van der Waals surface area contributed by atoms with Crippen LogP contribution in [-0.2, 0) is 17.5 Å². The van der Waals surface area contributed by atoms with Gasteiger partial charge in [-0.2, -0.15) is 18.2 Å². The van der Waals surface area contributed by atoms with Gasteiger partial charge in [-0.3, -0.25) is 4.79 Å². The largest absolute Gasteiger partial charge is 0.481 e. The molecule has 8 nitrogen and oxygen atoms in total. The molecule has 2 heterocycles. The highest BCUT2D eigenvalue weighted by Gasteiger charge is 2.30. The third-order valence-corrected chi connectivity index (χ3v) is 4.67. The van der Waals surface area contributed by atoms with E-state index in [4.69, 9.17) is 14.0 Å². The summed E-state index contributed by atoms with van der Waals surface area (Å²) in [6.07, 6.45) is -3.09. The number of aliphatic carboxylic acids is 1. The first-order valence-corrected chi connectivity index (χ1v) is 9.78. The predicted molar refractivity (Wildman–Crippen MR) is 110 cm³/mol. The van der Waals surface area contributed by atoms with Crippen molar-refractivity contribution >= 4 is 5.97 Å². The Hall–Kier alpha value is -3.99. The fourth-order valence-corrected chi connectivity index (χ4v) is 2.95. The third-order valence-electron chi connectivity index (χ3n) is 4.67. The van der Waals surface area contributed by atoms with Gasteiger partial charge in [0.25, 0.3) is 5.89 Å². The van der Waals surface area contributed by atoms with E-state index in [1.54, 1.807) is 12.1 Å². The summed E-state index contributed by atoms with van der Waals surface area (Å²) < 4.78 is 48.8. The lowest BCUT2D eigenvalue weighted by Crippen LogP contribution is -2.17. The maximum absolute atomic E-state index is 12.7. The zero-order chi connectivity index (χ0) is 23.4. The number of carbonyl (C=O) groups is 1. The zero-order valence-electron chi connectivity index (χ0n) is 17.0. The summed E-state index contributed by atoms with van der Waals surface area (Å²) in [5.74, 6) is -0.302. The van der Waals surface area contributed by atoms with Crippen LogP contribution in [0.1, 0.15) is 17.5 Å². The third kappa shape index (κ3) is 5.44. The van der Waals surface area contributed by atoms with E-state index in [9.17, 15) is 18.0 Å². The van der Waals surface area contributed by atoms with Gasteiger partial charge in [-0.1, -0.05) is 29.4 Å². The molecule has 0 saturated heterocycles. The van der Waals surface area contributed by atoms with Crippen molar-refractivity contribution in [3.05, 3.63) is 65.9 Å². The second-order valence-electron chi connectivity index (χ2n) is 7.05. The van der Waals surface area contributed by atoms with Gasteiger partial charge in [0.2, 0.25) is 11.7 Å². The van der Waals surface area contributed by atoms with E-state index < -0.39 is 17.7 Å². The molecule has 0 radical (unpaired) electrons. The van der Waals surface area contributed by atoms with E-state index in [-0.39, 0.29) is 23.9 Å². The summed E-state index contributed by atoms with van der Waals surface area (Å²) in [6.45, 7) is 0.897. The van der Waals surface area contributed by atoms with Crippen LogP contribution in [0.5, 0.6) is 0 Å². The summed E-state index contributed by atoms with van der Waals surface area (Å²) in [6, 6.07) is 11.8. The van der Waals surface area contributed by atoms with Crippen molar-refractivity contribution in [3.63, 3.8) is 0 Å². The molecule has 0 aliphatic carbocycles. The maximum Gasteiger partial charge on any atom is 0.416 e. The molecular formula is C22H17F3N4O4. The average Bonchev–Trinajstić information content (AvgIpc) is 3.46. The molecule has 0 amide bonds. The van der Waals surface area contributed by atoms with Crippen LogP contribution in [0.2, 0.25) is 0 Å². The van der Waals surface area contributed by atoms with Crippen LogP contribution in [0, 0.1) is 0 Å². The number of carboxylic acid groups (broad SMARTS) is 1. The molecule has 2 aromatic carbocycles. The minimum Gasteiger partial charge on any atom is -0.481 e.